The fourth-order valence-electron chi connectivity index (χ4n) is 5.01. The van der Waals surface area contributed by atoms with Crippen molar-refractivity contribution < 1.29 is 0 Å². The normalized spacial score (nSPS) is 31.2. The molecule has 0 N–H and O–H groups in total. The average molecular weight is 336 g/mol. The van der Waals surface area contributed by atoms with Crippen molar-refractivity contribution in [2.45, 2.75) is 84.8 Å². The van der Waals surface area contributed by atoms with E-state index in [1.165, 1.54) is 65.0 Å². The first kappa shape index (κ1) is 18.7. The molecule has 0 aromatic rings. The van der Waals surface area contributed by atoms with Gasteiger partial charge < -0.3 is 4.90 Å². The lowest BCUT2D eigenvalue weighted by molar-refractivity contribution is 0.0438. The minimum absolute atomic E-state index is 0.351. The molecule has 2 bridgehead atoms. The molecule has 0 spiro atoms. The molecule has 0 aromatic heterocycles. The summed E-state index contributed by atoms with van der Waals surface area (Å²) in [4.78, 5) is 8.30. The summed E-state index contributed by atoms with van der Waals surface area (Å²) in [5.41, 5.74) is 0.828. The van der Waals surface area contributed by atoms with Gasteiger partial charge in [-0.05, 0) is 77.4 Å². The van der Waals surface area contributed by atoms with Crippen LogP contribution in [0.3, 0.4) is 0 Å². The van der Waals surface area contributed by atoms with Crippen LogP contribution in [0.4, 0.5) is 0 Å². The van der Waals surface area contributed by atoms with Gasteiger partial charge in [-0.25, -0.2) is 0 Å². The summed E-state index contributed by atoms with van der Waals surface area (Å²) in [6, 6.07) is 1.66. The average Bonchev–Trinajstić information content (AvgIpc) is 3.05. The quantitative estimate of drug-likeness (QED) is 0.776. The van der Waals surface area contributed by atoms with E-state index in [0.717, 1.165) is 18.0 Å². The zero-order valence-electron chi connectivity index (χ0n) is 17.1. The van der Waals surface area contributed by atoms with Crippen LogP contribution >= 0.6 is 0 Å². The van der Waals surface area contributed by atoms with Crippen LogP contribution in [0.5, 0.6) is 0 Å². The number of nitrogens with zero attached hydrogens (tertiary/aromatic N) is 3. The third-order valence-electron chi connectivity index (χ3n) is 6.59. The van der Waals surface area contributed by atoms with Crippen LogP contribution in [0.1, 0.15) is 67.2 Å². The molecule has 3 saturated heterocycles. The van der Waals surface area contributed by atoms with E-state index in [0.29, 0.717) is 11.0 Å². The van der Waals surface area contributed by atoms with Crippen LogP contribution in [0.25, 0.3) is 0 Å². The van der Waals surface area contributed by atoms with Crippen LogP contribution in [0.15, 0.2) is 0 Å². The van der Waals surface area contributed by atoms with Crippen molar-refractivity contribution in [1.29, 1.82) is 0 Å². The van der Waals surface area contributed by atoms with Crippen molar-refractivity contribution >= 4 is 0 Å². The lowest BCUT2D eigenvalue weighted by Crippen LogP contribution is -2.54. The summed E-state index contributed by atoms with van der Waals surface area (Å²) in [7, 11) is 0. The summed E-state index contributed by atoms with van der Waals surface area (Å²) in [6.07, 6.45) is 5.58. The molecule has 2 atom stereocenters. The molecule has 140 valence electrons. The Morgan fingerprint density at radius 1 is 0.875 bits per heavy atom. The molecular weight excluding hydrogens is 294 g/mol. The first-order valence-corrected chi connectivity index (χ1v) is 10.3. The summed E-state index contributed by atoms with van der Waals surface area (Å²) < 4.78 is 0. The van der Waals surface area contributed by atoms with Gasteiger partial charge in [0.15, 0.2) is 0 Å². The van der Waals surface area contributed by atoms with Crippen LogP contribution in [-0.4, -0.2) is 71.6 Å². The SMILES string of the molecule is CC(C)(C)CCN1CCC(CN2C[C@@H]3C[C@H]2CN3C(C)(C)C)CC1. The molecule has 3 aliphatic rings. The highest BCUT2D eigenvalue weighted by Gasteiger charge is 2.46. The molecule has 0 saturated carbocycles. The van der Waals surface area contributed by atoms with Gasteiger partial charge in [0.05, 0.1) is 0 Å². The Morgan fingerprint density at radius 3 is 2.04 bits per heavy atom. The minimum Gasteiger partial charge on any atom is -0.303 e. The zero-order chi connectivity index (χ0) is 17.5. The van der Waals surface area contributed by atoms with Gasteiger partial charge in [0.25, 0.3) is 0 Å². The second kappa shape index (κ2) is 6.89. The number of likely N-dealkylation sites (tertiary alicyclic amines) is 3. The minimum atomic E-state index is 0.351. The number of fused-ring (bicyclic) bond motifs is 2. The Balaban J connectivity index is 1.39. The Hall–Kier alpha value is -0.120. The summed E-state index contributed by atoms with van der Waals surface area (Å²) in [5, 5.41) is 0. The molecule has 3 heteroatoms. The van der Waals surface area contributed by atoms with Crippen molar-refractivity contribution in [2.75, 3.05) is 39.3 Å². The largest absolute Gasteiger partial charge is 0.303 e. The zero-order valence-corrected chi connectivity index (χ0v) is 17.1. The smallest absolute Gasteiger partial charge is 0.0244 e. The number of piperazine rings is 1. The van der Waals surface area contributed by atoms with E-state index in [2.05, 4.69) is 56.2 Å². The van der Waals surface area contributed by atoms with E-state index >= 15 is 0 Å². The van der Waals surface area contributed by atoms with Gasteiger partial charge in [-0.3, -0.25) is 9.80 Å². The Morgan fingerprint density at radius 2 is 1.54 bits per heavy atom. The molecule has 3 rings (SSSR count). The first-order valence-electron chi connectivity index (χ1n) is 10.3. The lowest BCUT2D eigenvalue weighted by atomic mass is 9.90. The van der Waals surface area contributed by atoms with Crippen molar-refractivity contribution in [3.05, 3.63) is 0 Å². The fraction of sp³-hybridized carbons (Fsp3) is 1.00. The first-order chi connectivity index (χ1) is 11.1. The van der Waals surface area contributed by atoms with Gasteiger partial charge in [0.1, 0.15) is 0 Å². The summed E-state index contributed by atoms with van der Waals surface area (Å²) in [6.45, 7) is 22.2. The molecule has 0 unspecified atom stereocenters. The van der Waals surface area contributed by atoms with Crippen molar-refractivity contribution in [1.82, 2.24) is 14.7 Å². The van der Waals surface area contributed by atoms with Gasteiger partial charge in [0, 0.05) is 37.3 Å². The summed E-state index contributed by atoms with van der Waals surface area (Å²) >= 11 is 0. The predicted molar refractivity (Wildman–Crippen MR) is 103 cm³/mol. The maximum absolute atomic E-state index is 2.84. The van der Waals surface area contributed by atoms with Crippen LogP contribution in [0.2, 0.25) is 0 Å². The van der Waals surface area contributed by atoms with E-state index in [-0.39, 0.29) is 0 Å². The number of piperidine rings is 1. The van der Waals surface area contributed by atoms with E-state index < -0.39 is 0 Å². The fourth-order valence-corrected chi connectivity index (χ4v) is 5.01. The third-order valence-corrected chi connectivity index (χ3v) is 6.59. The molecule has 24 heavy (non-hydrogen) atoms. The summed E-state index contributed by atoms with van der Waals surface area (Å²) in [5.74, 6) is 0.943. The second-order valence-electron chi connectivity index (χ2n) is 10.9. The molecule has 0 aliphatic carbocycles. The van der Waals surface area contributed by atoms with E-state index in [9.17, 15) is 0 Å². The van der Waals surface area contributed by atoms with Gasteiger partial charge in [0.2, 0.25) is 0 Å². The monoisotopic (exact) mass is 335 g/mol. The number of rotatable bonds is 4. The molecule has 3 fully saturated rings. The van der Waals surface area contributed by atoms with Crippen LogP contribution in [-0.2, 0) is 0 Å². The molecule has 3 aliphatic heterocycles. The van der Waals surface area contributed by atoms with Crippen LogP contribution in [0, 0.1) is 11.3 Å². The van der Waals surface area contributed by atoms with E-state index in [1.807, 2.05) is 0 Å². The van der Waals surface area contributed by atoms with E-state index in [1.54, 1.807) is 0 Å². The Bertz CT molecular complexity index is 412. The number of hydrogen-bond donors (Lipinski definition) is 0. The maximum atomic E-state index is 2.84. The predicted octanol–water partition coefficient (Wildman–Crippen LogP) is 3.69. The molecule has 0 aromatic carbocycles. The van der Waals surface area contributed by atoms with Gasteiger partial charge in [-0.15, -0.1) is 0 Å². The molecule has 3 heterocycles. The van der Waals surface area contributed by atoms with Crippen molar-refractivity contribution in [2.24, 2.45) is 11.3 Å². The molecule has 0 amide bonds. The second-order valence-corrected chi connectivity index (χ2v) is 10.9. The van der Waals surface area contributed by atoms with Gasteiger partial charge in [-0.2, -0.15) is 0 Å². The molecule has 0 radical (unpaired) electrons. The Kier molecular flexibility index (Phi) is 5.36. The van der Waals surface area contributed by atoms with Gasteiger partial charge in [-0.1, -0.05) is 20.8 Å². The number of hydrogen-bond acceptors (Lipinski definition) is 3. The maximum Gasteiger partial charge on any atom is 0.0244 e. The highest BCUT2D eigenvalue weighted by molar-refractivity contribution is 5.03. The molecular formula is C21H41N3. The standard InChI is InChI=1S/C21H41N3/c1-20(2,3)9-12-22-10-7-17(8-11-22)14-23-15-19-13-18(23)16-24(19)21(4,5)6/h17-19H,7-16H2,1-6H3/t18-,19-/m0/s1. The van der Waals surface area contributed by atoms with Crippen molar-refractivity contribution in [3.63, 3.8) is 0 Å². The van der Waals surface area contributed by atoms with Crippen molar-refractivity contribution in [3.8, 4) is 0 Å². The molecule has 3 nitrogen and oxygen atoms in total. The highest BCUT2D eigenvalue weighted by Crippen LogP contribution is 2.36. The highest BCUT2D eigenvalue weighted by atomic mass is 15.4. The lowest BCUT2D eigenvalue weighted by Gasteiger charge is -2.43. The van der Waals surface area contributed by atoms with E-state index in [4.69, 9.17) is 0 Å². The van der Waals surface area contributed by atoms with Crippen LogP contribution < -0.4 is 0 Å². The Labute approximate surface area is 150 Å². The van der Waals surface area contributed by atoms with Gasteiger partial charge >= 0.3 is 0 Å². The topological polar surface area (TPSA) is 9.72 Å². The third kappa shape index (κ3) is 4.53.